The molecule has 5 aliphatic rings. The van der Waals surface area contributed by atoms with Crippen molar-refractivity contribution in [3.63, 3.8) is 0 Å². The first-order valence-electron chi connectivity index (χ1n) is 13.8. The number of amides is 1. The summed E-state index contributed by atoms with van der Waals surface area (Å²) in [5.74, 6) is 0.170. The van der Waals surface area contributed by atoms with E-state index >= 15 is 0 Å². The lowest BCUT2D eigenvalue weighted by atomic mass is 9.86. The first-order valence-corrected chi connectivity index (χ1v) is 13.8. The maximum absolute atomic E-state index is 13.9. The number of pyridine rings is 1. The monoisotopic (exact) mass is 485 g/mol. The number of nitrogens with one attached hydrogen (secondary N) is 1. The maximum atomic E-state index is 13.9. The van der Waals surface area contributed by atoms with Crippen LogP contribution in [0.15, 0.2) is 47.3 Å². The predicted octanol–water partition coefficient (Wildman–Crippen LogP) is 3.07. The average molecular weight is 486 g/mol. The molecule has 6 nitrogen and oxygen atoms in total. The van der Waals surface area contributed by atoms with Crippen LogP contribution in [-0.4, -0.2) is 45.7 Å². The average Bonchev–Trinajstić information content (AvgIpc) is 3.27. The molecule has 1 aromatic heterocycles. The largest absolute Gasteiger partial charge is 0.396 e. The minimum absolute atomic E-state index is 0.00938. The summed E-state index contributed by atoms with van der Waals surface area (Å²) in [5.41, 5.74) is 5.63. The number of hydrogen-bond acceptors (Lipinski definition) is 4. The molecule has 1 saturated carbocycles. The lowest BCUT2D eigenvalue weighted by Gasteiger charge is -2.38. The molecule has 4 atom stereocenters. The third kappa shape index (κ3) is 3.60. The topological polar surface area (TPSA) is 74.6 Å². The number of carbonyl (C=O) groups is 1. The molecule has 0 unspecified atom stereocenters. The molecule has 6 heteroatoms. The molecular formula is C30H35N3O3. The number of allylic oxidation sites excluding steroid dienone is 2. The van der Waals surface area contributed by atoms with Crippen LogP contribution in [-0.2, 0) is 24.2 Å². The molecular weight excluding hydrogens is 450 g/mol. The second-order valence-electron chi connectivity index (χ2n) is 11.6. The van der Waals surface area contributed by atoms with Crippen molar-refractivity contribution >= 4 is 11.5 Å². The van der Waals surface area contributed by atoms with E-state index in [0.29, 0.717) is 12.5 Å². The summed E-state index contributed by atoms with van der Waals surface area (Å²) in [6.45, 7) is 1.47. The van der Waals surface area contributed by atoms with Crippen LogP contribution in [0, 0.1) is 17.8 Å². The van der Waals surface area contributed by atoms with Crippen LogP contribution in [0.4, 0.5) is 0 Å². The van der Waals surface area contributed by atoms with E-state index < -0.39 is 0 Å². The van der Waals surface area contributed by atoms with Crippen molar-refractivity contribution in [1.29, 1.82) is 0 Å². The Balaban J connectivity index is 1.23. The number of aliphatic hydroxyl groups excluding tert-OH is 1. The van der Waals surface area contributed by atoms with Gasteiger partial charge in [0.15, 0.2) is 0 Å². The normalized spacial score (nSPS) is 29.2. The molecule has 1 saturated heterocycles. The van der Waals surface area contributed by atoms with E-state index in [9.17, 15) is 14.7 Å². The van der Waals surface area contributed by atoms with Gasteiger partial charge in [-0.3, -0.25) is 14.5 Å². The lowest BCUT2D eigenvalue weighted by Crippen LogP contribution is -2.47. The van der Waals surface area contributed by atoms with Crippen molar-refractivity contribution < 1.29 is 9.90 Å². The van der Waals surface area contributed by atoms with Crippen LogP contribution in [0.2, 0.25) is 0 Å². The van der Waals surface area contributed by atoms with Gasteiger partial charge in [-0.1, -0.05) is 30.3 Å². The van der Waals surface area contributed by atoms with Gasteiger partial charge in [-0.25, -0.2) is 0 Å². The Bertz CT molecular complexity index is 1270. The number of aromatic nitrogens is 1. The minimum Gasteiger partial charge on any atom is -0.396 e. The molecule has 0 radical (unpaired) electrons. The Labute approximate surface area is 212 Å². The van der Waals surface area contributed by atoms with E-state index in [0.717, 1.165) is 55.5 Å². The molecule has 2 aromatic rings. The maximum Gasteiger partial charge on any atom is 0.258 e. The Morgan fingerprint density at radius 3 is 2.53 bits per heavy atom. The van der Waals surface area contributed by atoms with Crippen LogP contribution >= 0.6 is 0 Å². The Morgan fingerprint density at radius 1 is 1.08 bits per heavy atom. The minimum atomic E-state index is -0.354. The number of fused-ring (bicyclic) bond motifs is 5. The zero-order chi connectivity index (χ0) is 24.4. The van der Waals surface area contributed by atoms with Gasteiger partial charge in [0.05, 0.1) is 12.0 Å². The van der Waals surface area contributed by atoms with Crippen molar-refractivity contribution in [3.05, 3.63) is 75.2 Å². The SMILES string of the molecule is O=C(NC1Cc2ccccc2C1)[C@H]1[C@H](CO)[C@H]2Cn3c(ccc(C4=CCCC4)c3=O)[C@@H]1N2CC1CC1. The number of nitrogens with zero attached hydrogens (tertiary/aromatic N) is 2. The van der Waals surface area contributed by atoms with Gasteiger partial charge in [0.2, 0.25) is 5.91 Å². The van der Waals surface area contributed by atoms with Gasteiger partial charge in [-0.15, -0.1) is 0 Å². The molecule has 7 rings (SSSR count). The Morgan fingerprint density at radius 2 is 1.86 bits per heavy atom. The predicted molar refractivity (Wildman–Crippen MR) is 138 cm³/mol. The summed E-state index contributed by atoms with van der Waals surface area (Å²) in [6, 6.07) is 12.5. The third-order valence-corrected chi connectivity index (χ3v) is 9.42. The highest BCUT2D eigenvalue weighted by atomic mass is 16.3. The standard InChI is InChI=1S/C30H35N3O3/c34-17-24-26-16-33-25(12-11-23(30(33)36)19-5-1-2-6-19)28(32(26)15-18-9-10-18)27(24)29(35)31-22-13-20-7-3-4-8-21(20)14-22/h3-5,7-8,11-12,18,22,24,26-28,34H,1-2,6,9-10,13-17H2,(H,31,35)/t24-,26-,27+,28+/m1/s1. The van der Waals surface area contributed by atoms with Crippen molar-refractivity contribution in [2.75, 3.05) is 13.2 Å². The van der Waals surface area contributed by atoms with E-state index in [1.54, 1.807) is 0 Å². The van der Waals surface area contributed by atoms with Crippen LogP contribution in [0.3, 0.4) is 0 Å². The highest BCUT2D eigenvalue weighted by Gasteiger charge is 2.56. The number of benzene rings is 1. The summed E-state index contributed by atoms with van der Waals surface area (Å²) < 4.78 is 1.94. The molecule has 2 fully saturated rings. The molecule has 1 amide bonds. The van der Waals surface area contributed by atoms with Crippen molar-refractivity contribution in [1.82, 2.24) is 14.8 Å². The molecule has 2 N–H and O–H groups in total. The van der Waals surface area contributed by atoms with Gasteiger partial charge in [0.25, 0.3) is 5.56 Å². The van der Waals surface area contributed by atoms with Crippen molar-refractivity contribution in [3.8, 4) is 0 Å². The van der Waals surface area contributed by atoms with Gasteiger partial charge >= 0.3 is 0 Å². The molecule has 0 spiro atoms. The van der Waals surface area contributed by atoms with Gasteiger partial charge in [0.1, 0.15) is 0 Å². The Hall–Kier alpha value is -2.70. The highest BCUT2D eigenvalue weighted by molar-refractivity contribution is 5.81. The zero-order valence-electron chi connectivity index (χ0n) is 20.7. The quantitative estimate of drug-likeness (QED) is 0.660. The summed E-state index contributed by atoms with van der Waals surface area (Å²) in [7, 11) is 0. The Kier molecular flexibility index (Phi) is 5.44. The summed E-state index contributed by atoms with van der Waals surface area (Å²) in [4.78, 5) is 30.1. The van der Waals surface area contributed by atoms with Crippen LogP contribution < -0.4 is 10.9 Å². The molecule has 1 aromatic carbocycles. The fourth-order valence-electron chi connectivity index (χ4n) is 7.49. The summed E-state index contributed by atoms with van der Waals surface area (Å²) in [5, 5.41) is 13.9. The van der Waals surface area contributed by atoms with E-state index in [1.807, 2.05) is 10.6 Å². The molecule has 188 valence electrons. The molecule has 3 heterocycles. The summed E-state index contributed by atoms with van der Waals surface area (Å²) in [6.07, 6.45) is 9.48. The van der Waals surface area contributed by atoms with Gasteiger partial charge in [0, 0.05) is 49.0 Å². The third-order valence-electron chi connectivity index (χ3n) is 9.42. The molecule has 2 aliphatic heterocycles. The van der Waals surface area contributed by atoms with E-state index in [-0.39, 0.29) is 48.0 Å². The molecule has 36 heavy (non-hydrogen) atoms. The first kappa shape index (κ1) is 22.5. The first-order chi connectivity index (χ1) is 17.6. The zero-order valence-corrected chi connectivity index (χ0v) is 20.7. The molecule has 2 bridgehead atoms. The van der Waals surface area contributed by atoms with E-state index in [1.165, 1.54) is 24.0 Å². The number of hydrogen-bond donors (Lipinski definition) is 2. The van der Waals surface area contributed by atoms with Crippen LogP contribution in [0.1, 0.15) is 60.5 Å². The lowest BCUT2D eigenvalue weighted by molar-refractivity contribution is -0.128. The number of carbonyl (C=O) groups excluding carboxylic acids is 1. The van der Waals surface area contributed by atoms with Crippen LogP contribution in [0.5, 0.6) is 0 Å². The van der Waals surface area contributed by atoms with Crippen LogP contribution in [0.25, 0.3) is 5.57 Å². The summed E-state index contributed by atoms with van der Waals surface area (Å²) >= 11 is 0. The van der Waals surface area contributed by atoms with E-state index in [4.69, 9.17) is 0 Å². The second-order valence-corrected chi connectivity index (χ2v) is 11.6. The fraction of sp³-hybridized carbons (Fsp3) is 0.533. The van der Waals surface area contributed by atoms with Crippen molar-refractivity contribution in [2.24, 2.45) is 17.8 Å². The van der Waals surface area contributed by atoms with E-state index in [2.05, 4.69) is 46.6 Å². The van der Waals surface area contributed by atoms with Gasteiger partial charge in [-0.05, 0) is 79.7 Å². The molecule has 3 aliphatic carbocycles. The fourth-order valence-corrected chi connectivity index (χ4v) is 7.49. The van der Waals surface area contributed by atoms with Crippen molar-refractivity contribution in [2.45, 2.75) is 69.6 Å². The highest BCUT2D eigenvalue weighted by Crippen LogP contribution is 2.50. The van der Waals surface area contributed by atoms with Gasteiger partial charge < -0.3 is 15.0 Å². The number of rotatable bonds is 6. The smallest absolute Gasteiger partial charge is 0.258 e. The number of aliphatic hydroxyl groups is 1. The van der Waals surface area contributed by atoms with Gasteiger partial charge in [-0.2, -0.15) is 0 Å². The second kappa shape index (κ2) is 8.70.